The lowest BCUT2D eigenvalue weighted by Crippen LogP contribution is -2.21. The van der Waals surface area contributed by atoms with Crippen molar-refractivity contribution in [2.45, 2.75) is 20.3 Å². The average Bonchev–Trinajstić information content (AvgIpc) is 2.56. The number of hydrogen-bond acceptors (Lipinski definition) is 3. The van der Waals surface area contributed by atoms with Crippen LogP contribution in [0.5, 0.6) is 0 Å². The third-order valence-electron chi connectivity index (χ3n) is 2.48. The first-order chi connectivity index (χ1) is 5.11. The fourth-order valence-electron chi connectivity index (χ4n) is 1.18. The van der Waals surface area contributed by atoms with Crippen LogP contribution >= 0.6 is 0 Å². The van der Waals surface area contributed by atoms with Crippen LogP contribution in [-0.2, 0) is 9.53 Å². The molecule has 0 aromatic carbocycles. The smallest absolute Gasteiger partial charge is 0.312 e. The molecule has 3 heteroatoms. The van der Waals surface area contributed by atoms with Gasteiger partial charge in [0.05, 0.1) is 5.41 Å². The van der Waals surface area contributed by atoms with Crippen molar-refractivity contribution in [3.05, 3.63) is 0 Å². The molecule has 11 heavy (non-hydrogen) atoms. The second-order valence-corrected chi connectivity index (χ2v) is 3.45. The molecule has 1 aliphatic carbocycles. The van der Waals surface area contributed by atoms with Crippen LogP contribution in [0.3, 0.4) is 0 Å². The maximum absolute atomic E-state index is 11.2. The van der Waals surface area contributed by atoms with Crippen molar-refractivity contribution in [2.75, 3.05) is 13.2 Å². The molecular formula is C8H15NO2. The minimum atomic E-state index is -0.199. The van der Waals surface area contributed by atoms with Crippen LogP contribution in [0.1, 0.15) is 20.3 Å². The van der Waals surface area contributed by atoms with E-state index in [0.717, 1.165) is 6.42 Å². The molecule has 1 aliphatic rings. The first-order valence-corrected chi connectivity index (χ1v) is 3.98. The van der Waals surface area contributed by atoms with Gasteiger partial charge < -0.3 is 10.5 Å². The maximum Gasteiger partial charge on any atom is 0.312 e. The summed E-state index contributed by atoms with van der Waals surface area (Å²) < 4.78 is 4.92. The Balaban J connectivity index is 2.31. The van der Waals surface area contributed by atoms with E-state index in [9.17, 15) is 4.79 Å². The number of rotatable bonds is 3. The normalized spacial score (nSPS) is 35.0. The molecule has 2 unspecified atom stereocenters. The van der Waals surface area contributed by atoms with E-state index in [0.29, 0.717) is 19.1 Å². The van der Waals surface area contributed by atoms with Gasteiger partial charge in [0.1, 0.15) is 6.61 Å². The summed E-state index contributed by atoms with van der Waals surface area (Å²) in [6.45, 7) is 4.76. The molecule has 1 saturated carbocycles. The second-order valence-electron chi connectivity index (χ2n) is 3.45. The molecule has 0 spiro atoms. The highest BCUT2D eigenvalue weighted by Crippen LogP contribution is 2.52. The molecule has 0 saturated heterocycles. The molecule has 0 bridgehead atoms. The van der Waals surface area contributed by atoms with E-state index in [2.05, 4.69) is 6.92 Å². The van der Waals surface area contributed by atoms with Crippen LogP contribution < -0.4 is 5.73 Å². The van der Waals surface area contributed by atoms with Gasteiger partial charge in [-0.3, -0.25) is 4.79 Å². The van der Waals surface area contributed by atoms with Crippen LogP contribution in [0.25, 0.3) is 0 Å². The predicted molar refractivity (Wildman–Crippen MR) is 41.9 cm³/mol. The highest BCUT2D eigenvalue weighted by atomic mass is 16.5. The van der Waals surface area contributed by atoms with Gasteiger partial charge in [-0.15, -0.1) is 0 Å². The Bertz CT molecular complexity index is 169. The molecule has 3 nitrogen and oxygen atoms in total. The molecule has 2 N–H and O–H groups in total. The van der Waals surface area contributed by atoms with E-state index >= 15 is 0 Å². The fraction of sp³-hybridized carbons (Fsp3) is 0.875. The Labute approximate surface area is 66.9 Å². The van der Waals surface area contributed by atoms with Gasteiger partial charge in [0, 0.05) is 6.54 Å². The number of ether oxygens (including phenoxy) is 1. The topological polar surface area (TPSA) is 52.3 Å². The molecule has 64 valence electrons. The van der Waals surface area contributed by atoms with Crippen molar-refractivity contribution < 1.29 is 9.53 Å². The second kappa shape index (κ2) is 2.81. The Morgan fingerprint density at radius 1 is 1.82 bits per heavy atom. The third kappa shape index (κ3) is 1.53. The molecule has 0 heterocycles. The molecule has 0 aromatic rings. The summed E-state index contributed by atoms with van der Waals surface area (Å²) in [5, 5.41) is 0. The van der Waals surface area contributed by atoms with Crippen LogP contribution in [0.15, 0.2) is 0 Å². The monoisotopic (exact) mass is 157 g/mol. The summed E-state index contributed by atoms with van der Waals surface area (Å²) in [6, 6.07) is 0. The first-order valence-electron chi connectivity index (χ1n) is 3.98. The first kappa shape index (κ1) is 8.53. The fourth-order valence-corrected chi connectivity index (χ4v) is 1.18. The molecule has 2 atom stereocenters. The van der Waals surface area contributed by atoms with Gasteiger partial charge in [0.15, 0.2) is 0 Å². The summed E-state index contributed by atoms with van der Waals surface area (Å²) in [4.78, 5) is 11.2. The number of esters is 1. The zero-order chi connectivity index (χ0) is 8.48. The minimum Gasteiger partial charge on any atom is -0.464 e. The van der Waals surface area contributed by atoms with Gasteiger partial charge in [0.2, 0.25) is 0 Å². The van der Waals surface area contributed by atoms with E-state index in [1.807, 2.05) is 6.92 Å². The minimum absolute atomic E-state index is 0.0875. The van der Waals surface area contributed by atoms with Crippen LogP contribution in [0.2, 0.25) is 0 Å². The molecule has 0 aromatic heterocycles. The lowest BCUT2D eigenvalue weighted by molar-refractivity contribution is -0.149. The zero-order valence-corrected chi connectivity index (χ0v) is 7.09. The van der Waals surface area contributed by atoms with E-state index in [1.54, 1.807) is 0 Å². The van der Waals surface area contributed by atoms with Crippen molar-refractivity contribution in [3.8, 4) is 0 Å². The van der Waals surface area contributed by atoms with Crippen LogP contribution in [0, 0.1) is 11.3 Å². The largest absolute Gasteiger partial charge is 0.464 e. The number of hydrogen-bond donors (Lipinski definition) is 1. The average molecular weight is 157 g/mol. The van der Waals surface area contributed by atoms with Crippen LogP contribution in [0.4, 0.5) is 0 Å². The Hall–Kier alpha value is -0.570. The van der Waals surface area contributed by atoms with Crippen molar-refractivity contribution in [1.82, 2.24) is 0 Å². The maximum atomic E-state index is 11.2. The summed E-state index contributed by atoms with van der Waals surface area (Å²) >= 11 is 0. The van der Waals surface area contributed by atoms with Gasteiger partial charge in [0.25, 0.3) is 0 Å². The Kier molecular flexibility index (Phi) is 2.18. The number of nitrogens with two attached hydrogens (primary N) is 1. The van der Waals surface area contributed by atoms with Crippen LogP contribution in [-0.4, -0.2) is 19.1 Å². The van der Waals surface area contributed by atoms with Gasteiger partial charge in [-0.2, -0.15) is 0 Å². The Morgan fingerprint density at radius 3 is 2.73 bits per heavy atom. The van der Waals surface area contributed by atoms with E-state index in [1.165, 1.54) is 0 Å². The quantitative estimate of drug-likeness (QED) is 0.608. The summed E-state index contributed by atoms with van der Waals surface area (Å²) in [5.74, 6) is 0.392. The summed E-state index contributed by atoms with van der Waals surface area (Å²) in [6.07, 6.45) is 0.955. The Morgan fingerprint density at radius 2 is 2.36 bits per heavy atom. The molecular weight excluding hydrogens is 142 g/mol. The third-order valence-corrected chi connectivity index (χ3v) is 2.48. The SMILES string of the molecule is CC1CC1(C)C(=O)OCCN. The predicted octanol–water partition coefficient (Wildman–Crippen LogP) is 0.534. The van der Waals surface area contributed by atoms with Gasteiger partial charge in [-0.05, 0) is 19.3 Å². The van der Waals surface area contributed by atoms with Crippen molar-refractivity contribution in [2.24, 2.45) is 17.1 Å². The van der Waals surface area contributed by atoms with Gasteiger partial charge in [-0.25, -0.2) is 0 Å². The van der Waals surface area contributed by atoms with E-state index < -0.39 is 0 Å². The highest BCUT2D eigenvalue weighted by molar-refractivity contribution is 5.79. The molecule has 1 rings (SSSR count). The molecule has 1 fully saturated rings. The van der Waals surface area contributed by atoms with E-state index in [4.69, 9.17) is 10.5 Å². The van der Waals surface area contributed by atoms with Crippen molar-refractivity contribution in [1.29, 1.82) is 0 Å². The summed E-state index contributed by atoms with van der Waals surface area (Å²) in [5.41, 5.74) is 5.00. The zero-order valence-electron chi connectivity index (χ0n) is 7.09. The molecule has 0 amide bonds. The molecule has 0 aliphatic heterocycles. The van der Waals surface area contributed by atoms with E-state index in [-0.39, 0.29) is 11.4 Å². The highest BCUT2D eigenvalue weighted by Gasteiger charge is 2.54. The van der Waals surface area contributed by atoms with Gasteiger partial charge in [-0.1, -0.05) is 6.92 Å². The van der Waals surface area contributed by atoms with Crippen molar-refractivity contribution >= 4 is 5.97 Å². The lowest BCUT2D eigenvalue weighted by Gasteiger charge is -2.08. The van der Waals surface area contributed by atoms with Crippen molar-refractivity contribution in [3.63, 3.8) is 0 Å². The standard InChI is InChI=1S/C8H15NO2/c1-6-5-8(6,2)7(10)11-4-3-9/h6H,3-5,9H2,1-2H3. The lowest BCUT2D eigenvalue weighted by atomic mass is 10.1. The summed E-state index contributed by atoms with van der Waals surface area (Å²) in [7, 11) is 0. The molecule has 0 radical (unpaired) electrons. The number of carbonyl (C=O) groups excluding carboxylic acids is 1. The number of carbonyl (C=O) groups is 1. The van der Waals surface area contributed by atoms with Gasteiger partial charge >= 0.3 is 5.97 Å².